The average molecular weight is 353 g/mol. The lowest BCUT2D eigenvalue weighted by molar-refractivity contribution is -0.116. The van der Waals surface area contributed by atoms with E-state index in [1.54, 1.807) is 20.4 Å². The molecule has 1 aromatic heterocycles. The third-order valence-electron chi connectivity index (χ3n) is 4.34. The van der Waals surface area contributed by atoms with Crippen molar-refractivity contribution in [2.45, 2.75) is 18.9 Å². The Balaban J connectivity index is 1.60. The fourth-order valence-electron chi connectivity index (χ4n) is 3.05. The van der Waals surface area contributed by atoms with Gasteiger partial charge in [-0.3, -0.25) is 9.79 Å². The molecule has 1 atom stereocenters. The van der Waals surface area contributed by atoms with Crippen LogP contribution in [0.2, 0.25) is 0 Å². The Bertz CT molecular complexity index is 806. The number of aliphatic imine (C=N–C) groups is 1. The first kappa shape index (κ1) is 17.7. The number of amides is 1. The van der Waals surface area contributed by atoms with Gasteiger partial charge in [0, 0.05) is 49.9 Å². The van der Waals surface area contributed by atoms with Gasteiger partial charge >= 0.3 is 0 Å². The molecule has 1 aliphatic rings. The van der Waals surface area contributed by atoms with Crippen molar-refractivity contribution in [1.82, 2.24) is 15.6 Å². The number of methoxy groups -OCH3 is 1. The van der Waals surface area contributed by atoms with Gasteiger partial charge in [0.25, 0.3) is 0 Å². The topological polar surface area (TPSA) is 87.6 Å². The zero-order valence-electron chi connectivity index (χ0n) is 15.0. The number of nitrogens with zero attached hydrogens (tertiary/aromatic N) is 2. The standard InChI is InChI=1S/C19H23N5O2/c1-20-19(22-11-13-6-5-9-21-18(13)26-2)23-12-14-10-17(25)24-16-8-4-3-7-15(14)16/h3-9,14H,10-12H2,1-2H3,(H,24,25)(H2,20,22,23). The van der Waals surface area contributed by atoms with Gasteiger partial charge in [0.15, 0.2) is 5.96 Å². The lowest BCUT2D eigenvalue weighted by Crippen LogP contribution is -2.40. The van der Waals surface area contributed by atoms with Crippen molar-refractivity contribution < 1.29 is 9.53 Å². The molecular weight excluding hydrogens is 330 g/mol. The number of ether oxygens (including phenoxy) is 1. The van der Waals surface area contributed by atoms with Crippen LogP contribution in [0.25, 0.3) is 0 Å². The monoisotopic (exact) mass is 353 g/mol. The molecule has 1 aromatic carbocycles. The van der Waals surface area contributed by atoms with Crippen LogP contribution < -0.4 is 20.7 Å². The Morgan fingerprint density at radius 1 is 1.31 bits per heavy atom. The molecule has 0 radical (unpaired) electrons. The number of hydrogen-bond acceptors (Lipinski definition) is 4. The van der Waals surface area contributed by atoms with Crippen LogP contribution in [0, 0.1) is 0 Å². The fourth-order valence-corrected chi connectivity index (χ4v) is 3.05. The molecule has 3 N–H and O–H groups in total. The lowest BCUT2D eigenvalue weighted by atomic mass is 9.90. The van der Waals surface area contributed by atoms with Crippen LogP contribution in [-0.4, -0.2) is 37.6 Å². The van der Waals surface area contributed by atoms with Crippen molar-refractivity contribution >= 4 is 17.6 Å². The Morgan fingerprint density at radius 3 is 2.96 bits per heavy atom. The molecule has 0 spiro atoms. The minimum absolute atomic E-state index is 0.0403. The predicted octanol–water partition coefficient (Wildman–Crippen LogP) is 1.88. The number of para-hydroxylation sites is 1. The molecule has 26 heavy (non-hydrogen) atoms. The number of rotatable bonds is 5. The summed E-state index contributed by atoms with van der Waals surface area (Å²) < 4.78 is 5.26. The van der Waals surface area contributed by atoms with E-state index in [2.05, 4.69) is 32.0 Å². The molecule has 3 rings (SSSR count). The SMILES string of the molecule is CN=C(NCc1cccnc1OC)NCC1CC(=O)Nc2ccccc21. The van der Waals surface area contributed by atoms with E-state index in [1.807, 2.05) is 30.3 Å². The summed E-state index contributed by atoms with van der Waals surface area (Å²) in [5, 5.41) is 9.48. The summed E-state index contributed by atoms with van der Waals surface area (Å²) in [6.45, 7) is 1.16. The number of anilines is 1. The zero-order chi connectivity index (χ0) is 18.4. The highest BCUT2D eigenvalue weighted by Crippen LogP contribution is 2.31. The second kappa shape index (κ2) is 8.33. The third kappa shape index (κ3) is 4.11. The van der Waals surface area contributed by atoms with Crippen LogP contribution >= 0.6 is 0 Å². The number of fused-ring (bicyclic) bond motifs is 1. The molecule has 2 heterocycles. The number of hydrogen-bond donors (Lipinski definition) is 3. The van der Waals surface area contributed by atoms with Crippen molar-refractivity contribution in [3.05, 3.63) is 53.7 Å². The first-order valence-electron chi connectivity index (χ1n) is 8.52. The molecule has 0 bridgehead atoms. The number of nitrogens with one attached hydrogen (secondary N) is 3. The van der Waals surface area contributed by atoms with Gasteiger partial charge < -0.3 is 20.7 Å². The van der Waals surface area contributed by atoms with Crippen LogP contribution in [0.15, 0.2) is 47.6 Å². The Kier molecular flexibility index (Phi) is 5.68. The molecule has 0 fully saturated rings. The van der Waals surface area contributed by atoms with Gasteiger partial charge in [-0.25, -0.2) is 4.98 Å². The van der Waals surface area contributed by atoms with E-state index in [9.17, 15) is 4.79 Å². The Labute approximate surface area is 152 Å². The maximum atomic E-state index is 11.9. The van der Waals surface area contributed by atoms with Gasteiger partial charge in [0.05, 0.1) is 7.11 Å². The van der Waals surface area contributed by atoms with Crippen LogP contribution in [0.4, 0.5) is 5.69 Å². The second-order valence-corrected chi connectivity index (χ2v) is 6.01. The van der Waals surface area contributed by atoms with E-state index < -0.39 is 0 Å². The maximum Gasteiger partial charge on any atom is 0.225 e. The number of benzene rings is 1. The van der Waals surface area contributed by atoms with E-state index in [1.165, 1.54) is 0 Å². The molecule has 136 valence electrons. The molecule has 1 unspecified atom stereocenters. The van der Waals surface area contributed by atoms with E-state index in [-0.39, 0.29) is 11.8 Å². The van der Waals surface area contributed by atoms with E-state index >= 15 is 0 Å². The number of pyridine rings is 1. The van der Waals surface area contributed by atoms with Gasteiger partial charge in [-0.1, -0.05) is 24.3 Å². The van der Waals surface area contributed by atoms with Crippen molar-refractivity contribution in [3.8, 4) is 5.88 Å². The smallest absolute Gasteiger partial charge is 0.225 e. The quantitative estimate of drug-likeness (QED) is 0.564. The average Bonchev–Trinajstić information content (AvgIpc) is 2.68. The molecule has 0 saturated heterocycles. The fraction of sp³-hybridized carbons (Fsp3) is 0.316. The van der Waals surface area contributed by atoms with Crippen molar-refractivity contribution in [2.24, 2.45) is 4.99 Å². The van der Waals surface area contributed by atoms with Crippen LogP contribution in [0.3, 0.4) is 0 Å². The van der Waals surface area contributed by atoms with Gasteiger partial charge in [-0.2, -0.15) is 0 Å². The van der Waals surface area contributed by atoms with Crippen LogP contribution in [-0.2, 0) is 11.3 Å². The lowest BCUT2D eigenvalue weighted by Gasteiger charge is -2.26. The molecule has 7 heteroatoms. The first-order chi connectivity index (χ1) is 12.7. The largest absolute Gasteiger partial charge is 0.481 e. The summed E-state index contributed by atoms with van der Waals surface area (Å²) in [7, 11) is 3.32. The molecular formula is C19H23N5O2. The van der Waals surface area contributed by atoms with Gasteiger partial charge in [0.2, 0.25) is 11.8 Å². The summed E-state index contributed by atoms with van der Waals surface area (Å²) in [5.41, 5.74) is 2.97. The zero-order valence-corrected chi connectivity index (χ0v) is 15.0. The summed E-state index contributed by atoms with van der Waals surface area (Å²) in [6, 6.07) is 11.7. The highest BCUT2D eigenvalue weighted by Gasteiger charge is 2.24. The molecule has 7 nitrogen and oxygen atoms in total. The Morgan fingerprint density at radius 2 is 2.15 bits per heavy atom. The van der Waals surface area contributed by atoms with Crippen LogP contribution in [0.5, 0.6) is 5.88 Å². The minimum atomic E-state index is 0.0403. The van der Waals surface area contributed by atoms with Crippen molar-refractivity contribution in [2.75, 3.05) is 26.0 Å². The molecule has 1 aliphatic heterocycles. The summed E-state index contributed by atoms with van der Waals surface area (Å²) in [5.74, 6) is 1.40. The number of carbonyl (C=O) groups is 1. The van der Waals surface area contributed by atoms with E-state index in [0.717, 1.165) is 16.8 Å². The third-order valence-corrected chi connectivity index (χ3v) is 4.34. The molecule has 0 aliphatic carbocycles. The van der Waals surface area contributed by atoms with Gasteiger partial charge in [-0.05, 0) is 17.7 Å². The first-order valence-corrected chi connectivity index (χ1v) is 8.52. The minimum Gasteiger partial charge on any atom is -0.481 e. The van der Waals surface area contributed by atoms with Gasteiger partial charge in [-0.15, -0.1) is 0 Å². The molecule has 0 saturated carbocycles. The van der Waals surface area contributed by atoms with Crippen LogP contribution in [0.1, 0.15) is 23.5 Å². The number of aromatic nitrogens is 1. The molecule has 1 amide bonds. The Hall–Kier alpha value is -3.09. The number of guanidine groups is 1. The highest BCUT2D eigenvalue weighted by atomic mass is 16.5. The summed E-state index contributed by atoms with van der Waals surface area (Å²) >= 11 is 0. The summed E-state index contributed by atoms with van der Waals surface area (Å²) in [6.07, 6.45) is 2.15. The van der Waals surface area contributed by atoms with E-state index in [0.29, 0.717) is 31.3 Å². The highest BCUT2D eigenvalue weighted by molar-refractivity contribution is 5.94. The maximum absolute atomic E-state index is 11.9. The number of carbonyl (C=O) groups excluding carboxylic acids is 1. The van der Waals surface area contributed by atoms with E-state index in [4.69, 9.17) is 4.74 Å². The normalized spacial score (nSPS) is 16.5. The van der Waals surface area contributed by atoms with Gasteiger partial charge in [0.1, 0.15) is 0 Å². The predicted molar refractivity (Wildman–Crippen MR) is 101 cm³/mol. The van der Waals surface area contributed by atoms with Crippen molar-refractivity contribution in [1.29, 1.82) is 0 Å². The summed E-state index contributed by atoms with van der Waals surface area (Å²) in [4.78, 5) is 20.4. The second-order valence-electron chi connectivity index (χ2n) is 6.01. The molecule has 2 aromatic rings. The van der Waals surface area contributed by atoms with Crippen molar-refractivity contribution in [3.63, 3.8) is 0 Å².